The lowest BCUT2D eigenvalue weighted by molar-refractivity contribution is 0.600. The van der Waals surface area contributed by atoms with Crippen LogP contribution in [0.4, 0.5) is 11.5 Å². The zero-order valence-electron chi connectivity index (χ0n) is 11.1. The van der Waals surface area contributed by atoms with Gasteiger partial charge in [0.1, 0.15) is 4.90 Å². The molecule has 1 aromatic carbocycles. The van der Waals surface area contributed by atoms with Crippen molar-refractivity contribution >= 4 is 33.1 Å². The summed E-state index contributed by atoms with van der Waals surface area (Å²) in [6.07, 6.45) is 1.41. The zero-order valence-corrected chi connectivity index (χ0v) is 12.7. The van der Waals surface area contributed by atoms with Gasteiger partial charge in [-0.1, -0.05) is 11.6 Å². The topological polar surface area (TPSA) is 90.0 Å². The first kappa shape index (κ1) is 14.7. The predicted octanol–water partition coefficient (Wildman–Crippen LogP) is 2.25. The average Bonchev–Trinajstić information content (AvgIpc) is 2.75. The zero-order chi connectivity index (χ0) is 14.9. The number of nitrogens with one attached hydrogen (secondary N) is 1. The van der Waals surface area contributed by atoms with E-state index in [1.54, 1.807) is 25.1 Å². The van der Waals surface area contributed by atoms with Crippen molar-refractivity contribution in [3.05, 3.63) is 35.0 Å². The molecule has 0 amide bonds. The Hall–Kier alpha value is -1.73. The van der Waals surface area contributed by atoms with Crippen molar-refractivity contribution in [2.45, 2.75) is 25.3 Å². The Morgan fingerprint density at radius 2 is 2.15 bits per heavy atom. The minimum atomic E-state index is -3.77. The second-order valence-electron chi connectivity index (χ2n) is 4.30. The van der Waals surface area contributed by atoms with Crippen LogP contribution in [0.1, 0.15) is 12.5 Å². The molecule has 1 heterocycles. The van der Waals surface area contributed by atoms with Crippen LogP contribution in [-0.2, 0) is 16.6 Å². The van der Waals surface area contributed by atoms with Crippen LogP contribution in [0.15, 0.2) is 29.3 Å². The van der Waals surface area contributed by atoms with Gasteiger partial charge in [0.05, 0.1) is 5.69 Å². The standard InChI is InChI=1S/C12H15ClN4O2S/c1-3-17-7-11(12(14)15-17)20(18,19)16-10-5-4-9(13)6-8(10)2/h4-7,16H,3H2,1-2H3,(H2,14,15). The molecule has 2 aromatic rings. The highest BCUT2D eigenvalue weighted by Crippen LogP contribution is 2.24. The number of nitrogens with two attached hydrogens (primary N) is 1. The van der Waals surface area contributed by atoms with Crippen LogP contribution >= 0.6 is 11.6 Å². The average molecular weight is 315 g/mol. The molecule has 0 fully saturated rings. The Labute approximate surface area is 122 Å². The van der Waals surface area contributed by atoms with Crippen LogP contribution in [-0.4, -0.2) is 18.2 Å². The van der Waals surface area contributed by atoms with Crippen molar-refractivity contribution in [1.29, 1.82) is 0 Å². The molecule has 8 heteroatoms. The fourth-order valence-corrected chi connectivity index (χ4v) is 3.16. The van der Waals surface area contributed by atoms with Gasteiger partial charge in [0.15, 0.2) is 5.82 Å². The third-order valence-electron chi connectivity index (χ3n) is 2.80. The van der Waals surface area contributed by atoms with E-state index < -0.39 is 10.0 Å². The van der Waals surface area contributed by atoms with E-state index in [0.29, 0.717) is 17.3 Å². The van der Waals surface area contributed by atoms with Gasteiger partial charge < -0.3 is 5.73 Å². The van der Waals surface area contributed by atoms with E-state index in [2.05, 4.69) is 9.82 Å². The van der Waals surface area contributed by atoms with E-state index in [0.717, 1.165) is 5.56 Å². The summed E-state index contributed by atoms with van der Waals surface area (Å²) in [5.74, 6) is -0.0223. The highest BCUT2D eigenvalue weighted by atomic mass is 35.5. The summed E-state index contributed by atoms with van der Waals surface area (Å²) in [5.41, 5.74) is 6.83. The molecule has 6 nitrogen and oxygen atoms in total. The Balaban J connectivity index is 2.38. The van der Waals surface area contributed by atoms with E-state index in [9.17, 15) is 8.42 Å². The molecule has 3 N–H and O–H groups in total. The maximum absolute atomic E-state index is 12.3. The van der Waals surface area contributed by atoms with Crippen molar-refractivity contribution < 1.29 is 8.42 Å². The number of halogens is 1. The van der Waals surface area contributed by atoms with Gasteiger partial charge in [0, 0.05) is 17.8 Å². The smallest absolute Gasteiger partial charge is 0.267 e. The van der Waals surface area contributed by atoms with E-state index >= 15 is 0 Å². The SMILES string of the molecule is CCn1cc(S(=O)(=O)Nc2ccc(Cl)cc2C)c(N)n1. The van der Waals surface area contributed by atoms with Crippen molar-refractivity contribution in [1.82, 2.24) is 9.78 Å². The number of hydrogen-bond donors (Lipinski definition) is 2. The molecule has 0 radical (unpaired) electrons. The lowest BCUT2D eigenvalue weighted by Crippen LogP contribution is -2.14. The van der Waals surface area contributed by atoms with E-state index in [1.807, 2.05) is 6.92 Å². The molecule has 0 spiro atoms. The van der Waals surface area contributed by atoms with Gasteiger partial charge in [-0.25, -0.2) is 8.42 Å². The molecular formula is C12H15ClN4O2S. The Bertz CT molecular complexity index is 740. The maximum Gasteiger partial charge on any atom is 0.267 e. The highest BCUT2D eigenvalue weighted by molar-refractivity contribution is 7.92. The summed E-state index contributed by atoms with van der Waals surface area (Å²) in [5, 5.41) is 4.47. The highest BCUT2D eigenvalue weighted by Gasteiger charge is 2.21. The predicted molar refractivity (Wildman–Crippen MR) is 79.3 cm³/mol. The van der Waals surface area contributed by atoms with Crippen LogP contribution in [0, 0.1) is 6.92 Å². The lowest BCUT2D eigenvalue weighted by Gasteiger charge is -2.09. The maximum atomic E-state index is 12.3. The fraction of sp³-hybridized carbons (Fsp3) is 0.250. The van der Waals surface area contributed by atoms with Crippen molar-refractivity contribution in [3.63, 3.8) is 0 Å². The van der Waals surface area contributed by atoms with Crippen LogP contribution < -0.4 is 10.5 Å². The number of anilines is 2. The van der Waals surface area contributed by atoms with Gasteiger partial charge in [-0.2, -0.15) is 5.10 Å². The van der Waals surface area contributed by atoms with Gasteiger partial charge in [-0.05, 0) is 37.6 Å². The number of benzene rings is 1. The molecule has 2 rings (SSSR count). The van der Waals surface area contributed by atoms with E-state index in [1.165, 1.54) is 10.9 Å². The first-order chi connectivity index (χ1) is 9.33. The van der Waals surface area contributed by atoms with Crippen LogP contribution in [0.5, 0.6) is 0 Å². The van der Waals surface area contributed by atoms with Crippen LogP contribution in [0.25, 0.3) is 0 Å². The third-order valence-corrected chi connectivity index (χ3v) is 4.42. The number of nitrogens with zero attached hydrogens (tertiary/aromatic N) is 2. The molecule has 0 aliphatic rings. The monoisotopic (exact) mass is 314 g/mol. The quantitative estimate of drug-likeness (QED) is 0.905. The fourth-order valence-electron chi connectivity index (χ4n) is 1.73. The van der Waals surface area contributed by atoms with Crippen LogP contribution in [0.3, 0.4) is 0 Å². The summed E-state index contributed by atoms with van der Waals surface area (Å²) in [4.78, 5) is -0.0336. The number of nitrogen functional groups attached to an aromatic ring is 1. The Morgan fingerprint density at radius 3 is 2.70 bits per heavy atom. The van der Waals surface area contributed by atoms with Crippen molar-refractivity contribution in [3.8, 4) is 0 Å². The minimum Gasteiger partial charge on any atom is -0.381 e. The van der Waals surface area contributed by atoms with Gasteiger partial charge in [0.2, 0.25) is 0 Å². The Morgan fingerprint density at radius 1 is 1.45 bits per heavy atom. The number of sulfonamides is 1. The molecular weight excluding hydrogens is 300 g/mol. The van der Waals surface area contributed by atoms with Crippen LogP contribution in [0.2, 0.25) is 5.02 Å². The first-order valence-electron chi connectivity index (χ1n) is 5.95. The summed E-state index contributed by atoms with van der Waals surface area (Å²) >= 11 is 5.84. The molecule has 108 valence electrons. The molecule has 0 saturated carbocycles. The lowest BCUT2D eigenvalue weighted by atomic mass is 10.2. The van der Waals surface area contributed by atoms with E-state index in [-0.39, 0.29) is 10.7 Å². The number of rotatable bonds is 4. The second kappa shape index (κ2) is 5.34. The molecule has 0 bridgehead atoms. The molecule has 0 saturated heterocycles. The number of aromatic nitrogens is 2. The molecule has 0 atom stereocenters. The van der Waals surface area contributed by atoms with Gasteiger partial charge in [-0.3, -0.25) is 9.40 Å². The summed E-state index contributed by atoms with van der Waals surface area (Å²) in [6, 6.07) is 4.90. The molecule has 0 unspecified atom stereocenters. The third kappa shape index (κ3) is 2.88. The number of hydrogen-bond acceptors (Lipinski definition) is 4. The van der Waals surface area contributed by atoms with E-state index in [4.69, 9.17) is 17.3 Å². The molecule has 0 aliphatic heterocycles. The second-order valence-corrected chi connectivity index (χ2v) is 6.39. The largest absolute Gasteiger partial charge is 0.381 e. The summed E-state index contributed by atoms with van der Waals surface area (Å²) in [7, 11) is -3.77. The molecule has 20 heavy (non-hydrogen) atoms. The van der Waals surface area contributed by atoms with Gasteiger partial charge >= 0.3 is 0 Å². The molecule has 1 aromatic heterocycles. The Kier molecular flexibility index (Phi) is 3.92. The van der Waals surface area contributed by atoms with Gasteiger partial charge in [-0.15, -0.1) is 0 Å². The minimum absolute atomic E-state index is 0.0223. The summed E-state index contributed by atoms with van der Waals surface area (Å²) < 4.78 is 28.6. The van der Waals surface area contributed by atoms with Crippen molar-refractivity contribution in [2.24, 2.45) is 0 Å². The van der Waals surface area contributed by atoms with Crippen molar-refractivity contribution in [2.75, 3.05) is 10.5 Å². The number of aryl methyl sites for hydroxylation is 2. The first-order valence-corrected chi connectivity index (χ1v) is 7.81. The molecule has 0 aliphatic carbocycles. The summed E-state index contributed by atoms with van der Waals surface area (Å²) in [6.45, 7) is 4.15. The van der Waals surface area contributed by atoms with Gasteiger partial charge in [0.25, 0.3) is 10.0 Å². The normalized spacial score (nSPS) is 11.6.